The smallest absolute Gasteiger partial charge is 0.311 e. The van der Waals surface area contributed by atoms with Crippen molar-refractivity contribution in [2.75, 3.05) is 20.3 Å². The maximum atomic E-state index is 11.6. The molecule has 0 saturated heterocycles. The van der Waals surface area contributed by atoms with E-state index >= 15 is 0 Å². The summed E-state index contributed by atoms with van der Waals surface area (Å²) in [6.45, 7) is 5.14. The summed E-state index contributed by atoms with van der Waals surface area (Å²) < 4.78 is 9.55. The van der Waals surface area contributed by atoms with E-state index in [1.54, 1.807) is 13.8 Å². The monoisotopic (exact) mass is 246 g/mol. The van der Waals surface area contributed by atoms with Gasteiger partial charge >= 0.3 is 11.9 Å². The number of aliphatic hydroxyl groups excluding tert-OH is 1. The van der Waals surface area contributed by atoms with E-state index in [1.165, 1.54) is 7.11 Å². The van der Waals surface area contributed by atoms with Gasteiger partial charge < -0.3 is 14.6 Å². The predicted molar refractivity (Wildman–Crippen MR) is 62.2 cm³/mol. The molecular formula is C12H22O5. The number of aliphatic hydroxyl groups is 1. The minimum absolute atomic E-state index is 0.00597. The van der Waals surface area contributed by atoms with E-state index in [-0.39, 0.29) is 31.1 Å². The summed E-state index contributed by atoms with van der Waals surface area (Å²) in [4.78, 5) is 23.1. The molecule has 0 rings (SSSR count). The summed E-state index contributed by atoms with van der Waals surface area (Å²) in [5.74, 6) is -1.07. The summed E-state index contributed by atoms with van der Waals surface area (Å²) in [7, 11) is 1.33. The van der Waals surface area contributed by atoms with Crippen molar-refractivity contribution in [3.8, 4) is 0 Å². The van der Waals surface area contributed by atoms with Crippen molar-refractivity contribution in [3.63, 3.8) is 0 Å². The van der Waals surface area contributed by atoms with Crippen LogP contribution in [-0.4, -0.2) is 37.4 Å². The molecule has 0 aliphatic rings. The third-order valence-corrected chi connectivity index (χ3v) is 2.66. The zero-order valence-electron chi connectivity index (χ0n) is 11.0. The van der Waals surface area contributed by atoms with Crippen molar-refractivity contribution >= 4 is 11.9 Å². The lowest BCUT2D eigenvalue weighted by Crippen LogP contribution is -2.31. The molecule has 0 aliphatic heterocycles. The van der Waals surface area contributed by atoms with E-state index in [1.807, 2.05) is 6.92 Å². The lowest BCUT2D eigenvalue weighted by molar-refractivity contribution is -0.156. The third-order valence-electron chi connectivity index (χ3n) is 2.66. The fraction of sp³-hybridized carbons (Fsp3) is 0.833. The van der Waals surface area contributed by atoms with Gasteiger partial charge in [-0.1, -0.05) is 6.92 Å². The summed E-state index contributed by atoms with van der Waals surface area (Å²) in [5.41, 5.74) is -0.715. The van der Waals surface area contributed by atoms with E-state index in [0.29, 0.717) is 12.8 Å². The second-order valence-electron chi connectivity index (χ2n) is 4.58. The Labute approximate surface area is 102 Å². The van der Waals surface area contributed by atoms with Gasteiger partial charge in [0.25, 0.3) is 0 Å². The van der Waals surface area contributed by atoms with Crippen LogP contribution >= 0.6 is 0 Å². The van der Waals surface area contributed by atoms with Crippen LogP contribution in [-0.2, 0) is 19.1 Å². The Hall–Kier alpha value is -1.10. The minimum Gasteiger partial charge on any atom is -0.469 e. The van der Waals surface area contributed by atoms with Crippen LogP contribution in [0.4, 0.5) is 0 Å². The molecule has 0 bridgehead atoms. The molecule has 0 amide bonds. The van der Waals surface area contributed by atoms with Crippen molar-refractivity contribution in [1.82, 2.24) is 0 Å². The minimum atomic E-state index is -0.715. The molecule has 1 atom stereocenters. The highest BCUT2D eigenvalue weighted by molar-refractivity contribution is 5.78. The Morgan fingerprint density at radius 2 is 1.94 bits per heavy atom. The Morgan fingerprint density at radius 3 is 2.35 bits per heavy atom. The average molecular weight is 246 g/mol. The predicted octanol–water partition coefficient (Wildman–Crippen LogP) is 1.14. The van der Waals surface area contributed by atoms with Crippen LogP contribution in [0.5, 0.6) is 0 Å². The van der Waals surface area contributed by atoms with Crippen molar-refractivity contribution in [3.05, 3.63) is 0 Å². The van der Waals surface area contributed by atoms with Gasteiger partial charge in [0.05, 0.1) is 25.0 Å². The summed E-state index contributed by atoms with van der Waals surface area (Å²) in [5, 5.41) is 8.58. The maximum absolute atomic E-state index is 11.6. The van der Waals surface area contributed by atoms with E-state index < -0.39 is 5.41 Å². The summed E-state index contributed by atoms with van der Waals surface area (Å²) in [6, 6.07) is 0. The number of carbonyl (C=O) groups excluding carboxylic acids is 2. The molecule has 5 nitrogen and oxygen atoms in total. The Morgan fingerprint density at radius 1 is 1.35 bits per heavy atom. The number of rotatable bonds is 7. The second-order valence-corrected chi connectivity index (χ2v) is 4.58. The highest BCUT2D eigenvalue weighted by Gasteiger charge is 2.34. The van der Waals surface area contributed by atoms with Gasteiger partial charge in [-0.25, -0.2) is 0 Å². The Kier molecular flexibility index (Phi) is 6.80. The molecule has 0 spiro atoms. The first-order valence-corrected chi connectivity index (χ1v) is 5.75. The zero-order valence-corrected chi connectivity index (χ0v) is 11.0. The molecular weight excluding hydrogens is 224 g/mol. The number of carbonyl (C=O) groups is 2. The van der Waals surface area contributed by atoms with Gasteiger partial charge in [0.15, 0.2) is 0 Å². The van der Waals surface area contributed by atoms with Gasteiger partial charge in [-0.15, -0.1) is 0 Å². The van der Waals surface area contributed by atoms with E-state index in [0.717, 1.165) is 0 Å². The Balaban J connectivity index is 4.48. The highest BCUT2D eigenvalue weighted by atomic mass is 16.5. The first-order chi connectivity index (χ1) is 7.88. The molecule has 1 N–H and O–H groups in total. The molecule has 0 aromatic rings. The van der Waals surface area contributed by atoms with Gasteiger partial charge in [-0.05, 0) is 26.7 Å². The lowest BCUT2D eigenvalue weighted by Gasteiger charge is -2.25. The fourth-order valence-electron chi connectivity index (χ4n) is 1.63. The molecule has 100 valence electrons. The van der Waals surface area contributed by atoms with Crippen LogP contribution in [0.1, 0.15) is 33.6 Å². The number of hydrogen-bond donors (Lipinski definition) is 1. The first kappa shape index (κ1) is 15.9. The van der Waals surface area contributed by atoms with Crippen LogP contribution in [0, 0.1) is 11.3 Å². The van der Waals surface area contributed by atoms with Crippen LogP contribution in [0.3, 0.4) is 0 Å². The van der Waals surface area contributed by atoms with Crippen LogP contribution in [0.2, 0.25) is 0 Å². The number of ether oxygens (including phenoxy) is 2. The average Bonchev–Trinajstić information content (AvgIpc) is 2.31. The molecule has 0 aromatic carbocycles. The van der Waals surface area contributed by atoms with Gasteiger partial charge in [-0.2, -0.15) is 0 Å². The molecule has 5 heteroatoms. The van der Waals surface area contributed by atoms with Crippen LogP contribution < -0.4 is 0 Å². The maximum Gasteiger partial charge on any atom is 0.311 e. The van der Waals surface area contributed by atoms with Gasteiger partial charge in [0.2, 0.25) is 0 Å². The lowest BCUT2D eigenvalue weighted by atomic mass is 9.82. The van der Waals surface area contributed by atoms with Gasteiger partial charge in [-0.3, -0.25) is 9.59 Å². The molecule has 0 aromatic heterocycles. The molecule has 17 heavy (non-hydrogen) atoms. The van der Waals surface area contributed by atoms with Crippen molar-refractivity contribution in [2.45, 2.75) is 33.6 Å². The molecule has 1 unspecified atom stereocenters. The molecule has 0 radical (unpaired) electrons. The van der Waals surface area contributed by atoms with Gasteiger partial charge in [0, 0.05) is 0 Å². The molecule has 0 heterocycles. The largest absolute Gasteiger partial charge is 0.469 e. The number of hydrogen-bond acceptors (Lipinski definition) is 5. The first-order valence-electron chi connectivity index (χ1n) is 5.75. The second kappa shape index (κ2) is 7.27. The van der Waals surface area contributed by atoms with Crippen molar-refractivity contribution in [1.29, 1.82) is 0 Å². The van der Waals surface area contributed by atoms with Gasteiger partial charge in [0.1, 0.15) is 6.61 Å². The van der Waals surface area contributed by atoms with E-state index in [4.69, 9.17) is 14.6 Å². The number of esters is 2. The van der Waals surface area contributed by atoms with E-state index in [2.05, 4.69) is 0 Å². The zero-order chi connectivity index (χ0) is 13.5. The topological polar surface area (TPSA) is 72.8 Å². The van der Waals surface area contributed by atoms with Crippen LogP contribution in [0.25, 0.3) is 0 Å². The highest BCUT2D eigenvalue weighted by Crippen LogP contribution is 2.29. The summed E-state index contributed by atoms with van der Waals surface area (Å²) in [6.07, 6.45) is 0.963. The standard InChI is InChI=1S/C12H22O5/c1-5-9(10(14)17-7-6-13)8-12(2,3)11(15)16-4/h9,13H,5-8H2,1-4H3. The Bertz CT molecular complexity index is 260. The summed E-state index contributed by atoms with van der Waals surface area (Å²) >= 11 is 0. The molecule has 0 fully saturated rings. The fourth-order valence-corrected chi connectivity index (χ4v) is 1.63. The SMILES string of the molecule is CCC(CC(C)(C)C(=O)OC)C(=O)OCCO. The third kappa shape index (κ3) is 5.17. The molecule has 0 saturated carbocycles. The number of methoxy groups -OCH3 is 1. The van der Waals surface area contributed by atoms with Crippen LogP contribution in [0.15, 0.2) is 0 Å². The van der Waals surface area contributed by atoms with E-state index in [9.17, 15) is 9.59 Å². The quantitative estimate of drug-likeness (QED) is 0.682. The molecule has 0 aliphatic carbocycles. The normalized spacial score (nSPS) is 13.0. The van der Waals surface area contributed by atoms with Crippen molar-refractivity contribution < 1.29 is 24.2 Å². The van der Waals surface area contributed by atoms with Crippen molar-refractivity contribution in [2.24, 2.45) is 11.3 Å².